The molecule has 160 valence electrons. The Kier molecular flexibility index (Phi) is 4.38. The molecular formula is C31H26N2. The van der Waals surface area contributed by atoms with Crippen LogP contribution in [0.2, 0.25) is 0 Å². The van der Waals surface area contributed by atoms with Gasteiger partial charge in [0.1, 0.15) is 0 Å². The molecule has 0 unspecified atom stereocenters. The van der Waals surface area contributed by atoms with Gasteiger partial charge in [0.05, 0.1) is 16.7 Å². The van der Waals surface area contributed by atoms with Crippen LogP contribution in [0.5, 0.6) is 0 Å². The van der Waals surface area contributed by atoms with Crippen LogP contribution in [0.3, 0.4) is 0 Å². The van der Waals surface area contributed by atoms with Crippen molar-refractivity contribution in [2.24, 2.45) is 0 Å². The number of pyridine rings is 1. The molecule has 1 aliphatic rings. The van der Waals surface area contributed by atoms with Gasteiger partial charge in [-0.1, -0.05) is 72.8 Å². The number of benzene rings is 4. The zero-order chi connectivity index (χ0) is 22.6. The highest BCUT2D eigenvalue weighted by Gasteiger charge is 2.38. The maximum atomic E-state index is 4.91. The van der Waals surface area contributed by atoms with Crippen LogP contribution in [0.1, 0.15) is 25.0 Å². The Morgan fingerprint density at radius 2 is 1.39 bits per heavy atom. The van der Waals surface area contributed by atoms with Crippen LogP contribution >= 0.6 is 0 Å². The van der Waals surface area contributed by atoms with Crippen molar-refractivity contribution in [1.82, 2.24) is 4.98 Å². The molecule has 4 aromatic carbocycles. The Labute approximate surface area is 195 Å². The van der Waals surface area contributed by atoms with Crippen LogP contribution in [-0.4, -0.2) is 4.98 Å². The molecule has 5 aromatic rings. The Bertz CT molecular complexity index is 1510. The van der Waals surface area contributed by atoms with E-state index in [1.165, 1.54) is 39.0 Å². The molecule has 2 nitrogen and oxygen atoms in total. The van der Waals surface area contributed by atoms with Crippen molar-refractivity contribution in [3.8, 4) is 22.4 Å². The largest absolute Gasteiger partial charge is 0.331 e. The Morgan fingerprint density at radius 1 is 0.667 bits per heavy atom. The normalized spacial score (nSPS) is 14.1. The van der Waals surface area contributed by atoms with Gasteiger partial charge < -0.3 is 4.90 Å². The third-order valence-electron chi connectivity index (χ3n) is 6.91. The molecule has 2 heterocycles. The van der Waals surface area contributed by atoms with Crippen LogP contribution in [-0.2, 0) is 5.54 Å². The fourth-order valence-electron chi connectivity index (χ4n) is 5.29. The first-order valence-electron chi connectivity index (χ1n) is 11.5. The minimum Gasteiger partial charge on any atom is -0.331 e. The quantitative estimate of drug-likeness (QED) is 0.282. The minimum atomic E-state index is -0.182. The molecule has 2 heteroatoms. The van der Waals surface area contributed by atoms with Crippen molar-refractivity contribution >= 4 is 22.3 Å². The van der Waals surface area contributed by atoms with Crippen LogP contribution in [0.15, 0.2) is 103 Å². The smallest absolute Gasteiger partial charge is 0.0709 e. The first kappa shape index (κ1) is 19.8. The summed E-state index contributed by atoms with van der Waals surface area (Å²) in [5, 5.41) is 1.17. The van der Waals surface area contributed by atoms with Gasteiger partial charge >= 0.3 is 0 Å². The molecule has 33 heavy (non-hydrogen) atoms. The number of hydrogen-bond acceptors (Lipinski definition) is 2. The second kappa shape index (κ2) is 7.31. The Morgan fingerprint density at radius 3 is 2.24 bits per heavy atom. The maximum Gasteiger partial charge on any atom is 0.0709 e. The van der Waals surface area contributed by atoms with Gasteiger partial charge in [-0.2, -0.15) is 0 Å². The number of hydrogen-bond donors (Lipinski definition) is 0. The van der Waals surface area contributed by atoms with Crippen molar-refractivity contribution in [1.29, 1.82) is 0 Å². The summed E-state index contributed by atoms with van der Waals surface area (Å²) in [6.45, 7) is 6.85. The predicted octanol–water partition coefficient (Wildman–Crippen LogP) is 8.26. The van der Waals surface area contributed by atoms with Crippen LogP contribution in [0, 0.1) is 6.92 Å². The van der Waals surface area contributed by atoms with Gasteiger partial charge in [0, 0.05) is 27.9 Å². The molecule has 0 saturated carbocycles. The lowest BCUT2D eigenvalue weighted by atomic mass is 9.80. The molecule has 6 rings (SSSR count). The number of aryl methyl sites for hydroxylation is 1. The highest BCUT2D eigenvalue weighted by atomic mass is 15.2. The molecule has 1 aliphatic heterocycles. The van der Waals surface area contributed by atoms with E-state index in [0.717, 1.165) is 16.8 Å². The summed E-state index contributed by atoms with van der Waals surface area (Å²) in [5.74, 6) is 0. The van der Waals surface area contributed by atoms with Gasteiger partial charge in [-0.05, 0) is 67.8 Å². The summed E-state index contributed by atoms with van der Waals surface area (Å²) in [7, 11) is 0. The molecule has 1 aromatic heterocycles. The van der Waals surface area contributed by atoms with E-state index in [9.17, 15) is 0 Å². The molecule has 0 spiro atoms. The summed E-state index contributed by atoms with van der Waals surface area (Å²) >= 11 is 0. The highest BCUT2D eigenvalue weighted by Crippen LogP contribution is 2.51. The number of rotatable bonds is 2. The van der Waals surface area contributed by atoms with Crippen molar-refractivity contribution in [2.45, 2.75) is 26.3 Å². The fraction of sp³-hybridized carbons (Fsp3) is 0.129. The summed E-state index contributed by atoms with van der Waals surface area (Å²) in [6.07, 6.45) is 0. The van der Waals surface area contributed by atoms with Gasteiger partial charge in [0.25, 0.3) is 0 Å². The zero-order valence-corrected chi connectivity index (χ0v) is 19.2. The summed E-state index contributed by atoms with van der Waals surface area (Å²) in [4.78, 5) is 7.41. The molecule has 0 aliphatic carbocycles. The van der Waals surface area contributed by atoms with Crippen molar-refractivity contribution < 1.29 is 0 Å². The van der Waals surface area contributed by atoms with E-state index in [1.807, 2.05) is 6.07 Å². The highest BCUT2D eigenvalue weighted by molar-refractivity contribution is 5.90. The number of aromatic nitrogens is 1. The monoisotopic (exact) mass is 426 g/mol. The predicted molar refractivity (Wildman–Crippen MR) is 139 cm³/mol. The van der Waals surface area contributed by atoms with E-state index in [1.54, 1.807) is 0 Å². The standard InChI is InChI=1S/C31H26N2/c1-21-20-23(28-18-16-22-10-4-8-14-27(22)32-28)17-19-29(21)33-30-15-9-6-12-25(30)24-11-5-7-13-26(24)31(33,2)3/h4-20H,1-3H3. The summed E-state index contributed by atoms with van der Waals surface area (Å²) < 4.78 is 0. The molecule has 0 bridgehead atoms. The topological polar surface area (TPSA) is 16.1 Å². The number of anilines is 2. The second-order valence-corrected chi connectivity index (χ2v) is 9.35. The second-order valence-electron chi connectivity index (χ2n) is 9.35. The summed E-state index contributed by atoms with van der Waals surface area (Å²) in [6, 6.07) is 36.8. The lowest BCUT2D eigenvalue weighted by molar-refractivity contribution is 0.531. The molecule has 0 amide bonds. The molecule has 0 saturated heterocycles. The van der Waals surface area contributed by atoms with E-state index in [0.29, 0.717) is 0 Å². The van der Waals surface area contributed by atoms with Crippen LogP contribution in [0.25, 0.3) is 33.3 Å². The molecule has 0 fully saturated rings. The van der Waals surface area contributed by atoms with Crippen LogP contribution < -0.4 is 4.90 Å². The lowest BCUT2D eigenvalue weighted by Crippen LogP contribution is -2.41. The zero-order valence-electron chi connectivity index (χ0n) is 19.2. The number of para-hydroxylation sites is 2. The average Bonchev–Trinajstić information content (AvgIpc) is 2.85. The molecular weight excluding hydrogens is 400 g/mol. The molecule has 0 atom stereocenters. The van der Waals surface area contributed by atoms with Crippen molar-refractivity contribution in [3.63, 3.8) is 0 Å². The number of nitrogens with zero attached hydrogens (tertiary/aromatic N) is 2. The Balaban J connectivity index is 1.49. The van der Waals surface area contributed by atoms with Gasteiger partial charge in [-0.15, -0.1) is 0 Å². The van der Waals surface area contributed by atoms with Gasteiger partial charge in [0.2, 0.25) is 0 Å². The minimum absolute atomic E-state index is 0.182. The van der Waals surface area contributed by atoms with E-state index in [2.05, 4.69) is 123 Å². The van der Waals surface area contributed by atoms with Crippen molar-refractivity contribution in [3.05, 3.63) is 114 Å². The SMILES string of the molecule is Cc1cc(-c2ccc3ccccc3n2)ccc1N1c2ccccc2-c2ccccc2C1(C)C. The van der Waals surface area contributed by atoms with Gasteiger partial charge in [0.15, 0.2) is 0 Å². The van der Waals surface area contributed by atoms with Crippen molar-refractivity contribution in [2.75, 3.05) is 4.90 Å². The fourth-order valence-corrected chi connectivity index (χ4v) is 5.29. The molecule has 0 N–H and O–H groups in total. The number of fused-ring (bicyclic) bond motifs is 4. The van der Waals surface area contributed by atoms with E-state index in [4.69, 9.17) is 4.98 Å². The maximum absolute atomic E-state index is 4.91. The molecule has 0 radical (unpaired) electrons. The third-order valence-corrected chi connectivity index (χ3v) is 6.91. The Hall–Kier alpha value is -3.91. The lowest BCUT2D eigenvalue weighted by Gasteiger charge is -2.47. The van der Waals surface area contributed by atoms with E-state index in [-0.39, 0.29) is 5.54 Å². The van der Waals surface area contributed by atoms with Gasteiger partial charge in [-0.25, -0.2) is 4.98 Å². The van der Waals surface area contributed by atoms with E-state index < -0.39 is 0 Å². The third kappa shape index (κ3) is 3.06. The first-order chi connectivity index (χ1) is 16.0. The van der Waals surface area contributed by atoms with Crippen LogP contribution in [0.4, 0.5) is 11.4 Å². The first-order valence-corrected chi connectivity index (χ1v) is 11.5. The van der Waals surface area contributed by atoms with E-state index >= 15 is 0 Å². The van der Waals surface area contributed by atoms with Gasteiger partial charge in [-0.3, -0.25) is 0 Å². The average molecular weight is 427 g/mol. The summed E-state index contributed by atoms with van der Waals surface area (Å²) in [5.41, 5.74) is 10.7.